The molecule has 1 amide bonds. The van der Waals surface area contributed by atoms with E-state index in [-0.39, 0.29) is 17.9 Å². The van der Waals surface area contributed by atoms with Gasteiger partial charge in [0.2, 0.25) is 0 Å². The highest BCUT2D eigenvalue weighted by Crippen LogP contribution is 2.12. The van der Waals surface area contributed by atoms with Crippen molar-refractivity contribution in [3.8, 4) is 0 Å². The predicted octanol–water partition coefficient (Wildman–Crippen LogP) is 0.886. The van der Waals surface area contributed by atoms with E-state index in [1.54, 1.807) is 11.8 Å². The molecule has 0 aliphatic rings. The minimum absolute atomic E-state index is 0.0397. The topological polar surface area (TPSA) is 82.2 Å². The number of carbonyl (C=O) groups is 1. The van der Waals surface area contributed by atoms with Crippen LogP contribution in [-0.4, -0.2) is 35.4 Å². The normalized spacial score (nSPS) is 12.7. The summed E-state index contributed by atoms with van der Waals surface area (Å²) < 4.78 is 6.69. The number of aryl methyl sites for hydroxylation is 1. The standard InChI is InChI=1S/C12H22N4O2/c1-5-16-11(9(13)6-14-16)12(17)15-10(7-18-4)8(2)3/h6,8,10H,5,7,13H2,1-4H3,(H,15,17). The van der Waals surface area contributed by atoms with Gasteiger partial charge in [-0.25, -0.2) is 0 Å². The number of amides is 1. The van der Waals surface area contributed by atoms with Gasteiger partial charge in [-0.1, -0.05) is 13.8 Å². The smallest absolute Gasteiger partial charge is 0.272 e. The maximum atomic E-state index is 12.2. The van der Waals surface area contributed by atoms with Crippen molar-refractivity contribution in [1.29, 1.82) is 0 Å². The van der Waals surface area contributed by atoms with Gasteiger partial charge in [0.25, 0.3) is 5.91 Å². The largest absolute Gasteiger partial charge is 0.396 e. The first kappa shape index (κ1) is 14.5. The summed E-state index contributed by atoms with van der Waals surface area (Å²) in [5.41, 5.74) is 6.58. The molecule has 0 aliphatic heterocycles. The Morgan fingerprint density at radius 2 is 2.28 bits per heavy atom. The number of aromatic nitrogens is 2. The molecule has 3 N–H and O–H groups in total. The van der Waals surface area contributed by atoms with Crippen molar-refractivity contribution in [1.82, 2.24) is 15.1 Å². The second-order valence-corrected chi connectivity index (χ2v) is 4.54. The van der Waals surface area contributed by atoms with Crippen LogP contribution in [0.25, 0.3) is 0 Å². The third-order valence-electron chi connectivity index (χ3n) is 2.85. The third kappa shape index (κ3) is 3.22. The molecule has 0 aliphatic carbocycles. The van der Waals surface area contributed by atoms with E-state index >= 15 is 0 Å². The number of nitrogens with one attached hydrogen (secondary N) is 1. The Morgan fingerprint density at radius 1 is 1.61 bits per heavy atom. The van der Waals surface area contributed by atoms with Gasteiger partial charge in [-0.05, 0) is 12.8 Å². The molecule has 0 saturated carbocycles. The van der Waals surface area contributed by atoms with Crippen LogP contribution in [0.4, 0.5) is 5.69 Å². The number of hydrogen-bond acceptors (Lipinski definition) is 4. The molecule has 0 saturated heterocycles. The number of rotatable bonds is 6. The Labute approximate surface area is 107 Å². The Balaban J connectivity index is 2.83. The molecule has 1 rings (SSSR count). The van der Waals surface area contributed by atoms with Crippen LogP contribution >= 0.6 is 0 Å². The summed E-state index contributed by atoms with van der Waals surface area (Å²) in [7, 11) is 1.62. The average Bonchev–Trinajstić information content (AvgIpc) is 2.69. The number of hydrogen-bond donors (Lipinski definition) is 2. The van der Waals surface area contributed by atoms with E-state index in [1.807, 2.05) is 20.8 Å². The Morgan fingerprint density at radius 3 is 2.78 bits per heavy atom. The number of nitrogen functional groups attached to an aromatic ring is 1. The van der Waals surface area contributed by atoms with Gasteiger partial charge in [-0.3, -0.25) is 9.48 Å². The zero-order chi connectivity index (χ0) is 13.7. The van der Waals surface area contributed by atoms with Gasteiger partial charge in [0, 0.05) is 13.7 Å². The molecule has 1 aromatic heterocycles. The summed E-state index contributed by atoms with van der Waals surface area (Å²) in [5.74, 6) is 0.0794. The molecule has 1 aromatic rings. The zero-order valence-electron chi connectivity index (χ0n) is 11.4. The van der Waals surface area contributed by atoms with Crippen LogP contribution in [0.3, 0.4) is 0 Å². The lowest BCUT2D eigenvalue weighted by atomic mass is 10.1. The number of nitrogens with two attached hydrogens (primary N) is 1. The van der Waals surface area contributed by atoms with Crippen LogP contribution in [0, 0.1) is 5.92 Å². The highest BCUT2D eigenvalue weighted by Gasteiger charge is 2.21. The van der Waals surface area contributed by atoms with Gasteiger partial charge in [0.15, 0.2) is 0 Å². The van der Waals surface area contributed by atoms with Gasteiger partial charge < -0.3 is 15.8 Å². The fourth-order valence-corrected chi connectivity index (χ4v) is 1.70. The van der Waals surface area contributed by atoms with Crippen LogP contribution in [0.1, 0.15) is 31.3 Å². The van der Waals surface area contributed by atoms with Gasteiger partial charge in [-0.2, -0.15) is 5.10 Å². The maximum absolute atomic E-state index is 12.2. The van der Waals surface area contributed by atoms with Gasteiger partial charge in [0.05, 0.1) is 24.5 Å². The minimum Gasteiger partial charge on any atom is -0.396 e. The summed E-state index contributed by atoms with van der Waals surface area (Å²) >= 11 is 0. The van der Waals surface area contributed by atoms with Gasteiger partial charge in [0.1, 0.15) is 5.69 Å². The minimum atomic E-state index is -0.206. The van der Waals surface area contributed by atoms with Crippen molar-refractivity contribution in [2.45, 2.75) is 33.4 Å². The van der Waals surface area contributed by atoms with E-state index in [1.165, 1.54) is 6.20 Å². The summed E-state index contributed by atoms with van der Waals surface area (Å²) in [4.78, 5) is 12.2. The SMILES string of the molecule is CCn1ncc(N)c1C(=O)NC(COC)C(C)C. The van der Waals surface area contributed by atoms with E-state index in [0.29, 0.717) is 24.5 Å². The Bertz CT molecular complexity index is 401. The lowest BCUT2D eigenvalue weighted by molar-refractivity contribution is 0.0857. The first-order valence-electron chi connectivity index (χ1n) is 6.12. The van der Waals surface area contributed by atoms with E-state index in [9.17, 15) is 4.79 Å². The molecular weight excluding hydrogens is 232 g/mol. The van der Waals surface area contributed by atoms with E-state index < -0.39 is 0 Å². The molecule has 0 bridgehead atoms. The molecule has 1 atom stereocenters. The fourth-order valence-electron chi connectivity index (χ4n) is 1.70. The van der Waals surface area contributed by atoms with Crippen molar-refractivity contribution in [2.75, 3.05) is 19.5 Å². The summed E-state index contributed by atoms with van der Waals surface area (Å²) in [6.07, 6.45) is 1.50. The number of carbonyl (C=O) groups excluding carboxylic acids is 1. The highest BCUT2D eigenvalue weighted by molar-refractivity contribution is 5.97. The molecule has 0 radical (unpaired) electrons. The van der Waals surface area contributed by atoms with E-state index in [4.69, 9.17) is 10.5 Å². The van der Waals surface area contributed by atoms with Gasteiger partial charge in [-0.15, -0.1) is 0 Å². The van der Waals surface area contributed by atoms with Crippen molar-refractivity contribution in [2.24, 2.45) is 5.92 Å². The fraction of sp³-hybridized carbons (Fsp3) is 0.667. The van der Waals surface area contributed by atoms with E-state index in [0.717, 1.165) is 0 Å². The van der Waals surface area contributed by atoms with Gasteiger partial charge >= 0.3 is 0 Å². The number of nitrogens with zero attached hydrogens (tertiary/aromatic N) is 2. The van der Waals surface area contributed by atoms with Crippen LogP contribution < -0.4 is 11.1 Å². The molecule has 102 valence electrons. The predicted molar refractivity (Wildman–Crippen MR) is 70.3 cm³/mol. The third-order valence-corrected chi connectivity index (χ3v) is 2.85. The number of anilines is 1. The molecule has 18 heavy (non-hydrogen) atoms. The Kier molecular flexibility index (Phi) is 5.15. The second kappa shape index (κ2) is 6.39. The van der Waals surface area contributed by atoms with Crippen LogP contribution in [0.2, 0.25) is 0 Å². The summed E-state index contributed by atoms with van der Waals surface area (Å²) in [6.45, 7) is 7.06. The zero-order valence-corrected chi connectivity index (χ0v) is 11.4. The molecule has 6 nitrogen and oxygen atoms in total. The maximum Gasteiger partial charge on any atom is 0.272 e. The molecule has 1 heterocycles. The first-order chi connectivity index (χ1) is 8.51. The molecule has 0 aromatic carbocycles. The highest BCUT2D eigenvalue weighted by atomic mass is 16.5. The summed E-state index contributed by atoms with van der Waals surface area (Å²) in [6, 6.07) is -0.0397. The lowest BCUT2D eigenvalue weighted by Crippen LogP contribution is -2.42. The molecular formula is C12H22N4O2. The second-order valence-electron chi connectivity index (χ2n) is 4.54. The number of ether oxygens (including phenoxy) is 1. The monoisotopic (exact) mass is 254 g/mol. The quantitative estimate of drug-likeness (QED) is 0.789. The average molecular weight is 254 g/mol. The summed E-state index contributed by atoms with van der Waals surface area (Å²) in [5, 5.41) is 6.98. The molecule has 1 unspecified atom stereocenters. The first-order valence-corrected chi connectivity index (χ1v) is 6.12. The molecule has 0 spiro atoms. The van der Waals surface area contributed by atoms with Crippen LogP contribution in [-0.2, 0) is 11.3 Å². The van der Waals surface area contributed by atoms with Crippen LogP contribution in [0.5, 0.6) is 0 Å². The van der Waals surface area contributed by atoms with Crippen molar-refractivity contribution < 1.29 is 9.53 Å². The van der Waals surface area contributed by atoms with Crippen molar-refractivity contribution in [3.63, 3.8) is 0 Å². The van der Waals surface area contributed by atoms with E-state index in [2.05, 4.69) is 10.4 Å². The molecule has 6 heteroatoms. The number of methoxy groups -OCH3 is 1. The van der Waals surface area contributed by atoms with Crippen molar-refractivity contribution in [3.05, 3.63) is 11.9 Å². The molecule has 0 fully saturated rings. The lowest BCUT2D eigenvalue weighted by Gasteiger charge is -2.21. The Hall–Kier alpha value is -1.56. The van der Waals surface area contributed by atoms with Crippen LogP contribution in [0.15, 0.2) is 6.20 Å². The van der Waals surface area contributed by atoms with Crippen molar-refractivity contribution >= 4 is 11.6 Å².